The van der Waals surface area contributed by atoms with Crippen molar-refractivity contribution in [2.24, 2.45) is 0 Å². The molecule has 1 unspecified atom stereocenters. The van der Waals surface area contributed by atoms with Crippen molar-refractivity contribution in [3.8, 4) is 17.6 Å². The molecule has 0 aliphatic carbocycles. The number of hydrogen-bond acceptors (Lipinski definition) is 6. The normalized spacial score (nSPS) is 15.9. The third kappa shape index (κ3) is 4.00. The number of amides is 1. The van der Waals surface area contributed by atoms with Gasteiger partial charge in [-0.1, -0.05) is 30.3 Å². The van der Waals surface area contributed by atoms with Gasteiger partial charge in [-0.15, -0.1) is 11.8 Å². The van der Waals surface area contributed by atoms with Crippen LogP contribution in [0.15, 0.2) is 70.4 Å². The van der Waals surface area contributed by atoms with Gasteiger partial charge in [-0.25, -0.2) is 0 Å². The maximum Gasteiger partial charge on any atom is 0.254 e. The van der Waals surface area contributed by atoms with E-state index in [-0.39, 0.29) is 5.91 Å². The molecule has 6 nitrogen and oxygen atoms in total. The molecule has 0 saturated heterocycles. The molecular formula is C23H23N3O3S. The number of anilines is 1. The number of thioether (sulfide) groups is 1. The van der Waals surface area contributed by atoms with E-state index < -0.39 is 5.92 Å². The smallest absolute Gasteiger partial charge is 0.254 e. The zero-order chi connectivity index (χ0) is 21.7. The maximum absolute atomic E-state index is 13.4. The number of rotatable bonds is 6. The Balaban J connectivity index is 2.13. The van der Waals surface area contributed by atoms with Crippen molar-refractivity contribution in [3.63, 3.8) is 0 Å². The SMILES string of the molecule is COc1ccccc1NC(=O)C1=C(C)NC(SC)=C(C#N)C1c1ccccc1OC. The number of methoxy groups -OCH3 is 2. The molecular weight excluding hydrogens is 398 g/mol. The molecule has 0 spiro atoms. The zero-order valence-electron chi connectivity index (χ0n) is 17.3. The Kier molecular flexibility index (Phi) is 6.70. The van der Waals surface area contributed by atoms with E-state index in [9.17, 15) is 10.1 Å². The van der Waals surface area contributed by atoms with Crippen LogP contribution < -0.4 is 20.1 Å². The summed E-state index contributed by atoms with van der Waals surface area (Å²) in [6, 6.07) is 17.0. The van der Waals surface area contributed by atoms with E-state index in [0.717, 1.165) is 10.6 Å². The van der Waals surface area contributed by atoms with E-state index in [1.807, 2.05) is 49.6 Å². The summed E-state index contributed by atoms with van der Waals surface area (Å²) in [5.74, 6) is 0.299. The Morgan fingerprint density at radius 3 is 2.37 bits per heavy atom. The number of nitriles is 1. The number of carbonyl (C=O) groups excluding carboxylic acids is 1. The van der Waals surface area contributed by atoms with Gasteiger partial charge in [0.05, 0.1) is 42.5 Å². The Morgan fingerprint density at radius 2 is 1.73 bits per heavy atom. The summed E-state index contributed by atoms with van der Waals surface area (Å²) < 4.78 is 10.9. The van der Waals surface area contributed by atoms with Crippen LogP contribution in [0.2, 0.25) is 0 Å². The second kappa shape index (κ2) is 9.42. The Morgan fingerprint density at radius 1 is 1.10 bits per heavy atom. The van der Waals surface area contributed by atoms with Crippen LogP contribution in [0.1, 0.15) is 18.4 Å². The molecule has 0 saturated carbocycles. The third-order valence-corrected chi connectivity index (χ3v) is 5.63. The first-order valence-corrected chi connectivity index (χ1v) is 10.5. The Hall–Kier alpha value is -3.37. The number of carbonyl (C=O) groups is 1. The average molecular weight is 422 g/mol. The van der Waals surface area contributed by atoms with Gasteiger partial charge in [0.25, 0.3) is 5.91 Å². The van der Waals surface area contributed by atoms with Gasteiger partial charge >= 0.3 is 0 Å². The molecule has 1 aliphatic rings. The number of para-hydroxylation sites is 3. The molecule has 2 N–H and O–H groups in total. The minimum Gasteiger partial charge on any atom is -0.496 e. The first-order valence-electron chi connectivity index (χ1n) is 9.29. The van der Waals surface area contributed by atoms with Crippen molar-refractivity contribution in [1.29, 1.82) is 5.26 Å². The highest BCUT2D eigenvalue weighted by atomic mass is 32.2. The molecule has 2 aromatic carbocycles. The van der Waals surface area contributed by atoms with Gasteiger partial charge in [0.15, 0.2) is 0 Å². The van der Waals surface area contributed by atoms with Crippen LogP contribution in [-0.4, -0.2) is 26.4 Å². The fourth-order valence-corrected chi connectivity index (χ4v) is 4.17. The summed E-state index contributed by atoms with van der Waals surface area (Å²) in [5, 5.41) is 16.8. The van der Waals surface area contributed by atoms with Crippen LogP contribution in [-0.2, 0) is 4.79 Å². The molecule has 1 heterocycles. The van der Waals surface area contributed by atoms with Crippen molar-refractivity contribution >= 4 is 23.4 Å². The molecule has 30 heavy (non-hydrogen) atoms. The van der Waals surface area contributed by atoms with Crippen molar-refractivity contribution in [2.75, 3.05) is 25.8 Å². The van der Waals surface area contributed by atoms with Gasteiger partial charge in [0.1, 0.15) is 11.5 Å². The molecule has 1 aliphatic heterocycles. The largest absolute Gasteiger partial charge is 0.496 e. The van der Waals surface area contributed by atoms with E-state index in [1.54, 1.807) is 26.4 Å². The summed E-state index contributed by atoms with van der Waals surface area (Å²) in [6.07, 6.45) is 1.89. The number of allylic oxidation sites excluding steroid dienone is 2. The molecule has 1 atom stereocenters. The first-order chi connectivity index (χ1) is 14.5. The van der Waals surface area contributed by atoms with Crippen LogP contribution in [0, 0.1) is 11.3 Å². The predicted molar refractivity (Wildman–Crippen MR) is 119 cm³/mol. The highest BCUT2D eigenvalue weighted by molar-refractivity contribution is 8.02. The van der Waals surface area contributed by atoms with Crippen molar-refractivity contribution in [3.05, 3.63) is 76.0 Å². The number of nitrogens with zero attached hydrogens (tertiary/aromatic N) is 1. The van der Waals surface area contributed by atoms with Crippen LogP contribution in [0.4, 0.5) is 5.69 Å². The van der Waals surface area contributed by atoms with Gasteiger partial charge in [-0.05, 0) is 31.4 Å². The van der Waals surface area contributed by atoms with Crippen LogP contribution in [0.25, 0.3) is 0 Å². The lowest BCUT2D eigenvalue weighted by atomic mass is 9.81. The maximum atomic E-state index is 13.4. The van der Waals surface area contributed by atoms with E-state index in [0.29, 0.717) is 34.0 Å². The predicted octanol–water partition coefficient (Wildman–Crippen LogP) is 4.40. The van der Waals surface area contributed by atoms with E-state index in [2.05, 4.69) is 16.7 Å². The summed E-state index contributed by atoms with van der Waals surface area (Å²) in [6.45, 7) is 1.84. The molecule has 1 amide bonds. The Bertz CT molecular complexity index is 1070. The molecule has 2 aromatic rings. The molecule has 0 fully saturated rings. The monoisotopic (exact) mass is 421 g/mol. The van der Waals surface area contributed by atoms with Gasteiger partial charge in [-0.2, -0.15) is 5.26 Å². The molecule has 0 radical (unpaired) electrons. The van der Waals surface area contributed by atoms with Crippen LogP contribution in [0.3, 0.4) is 0 Å². The van der Waals surface area contributed by atoms with Gasteiger partial charge in [0, 0.05) is 16.8 Å². The lowest BCUT2D eigenvalue weighted by Crippen LogP contribution is -2.30. The standard InChI is InChI=1S/C23H23N3O3S/c1-14-20(22(27)26-17-10-6-8-12-19(17)29-3)21(16(13-24)23(25-14)30-4)15-9-5-7-11-18(15)28-2/h5-12,21,25H,1-4H3,(H,26,27). The molecule has 3 rings (SSSR count). The lowest BCUT2D eigenvalue weighted by Gasteiger charge is -2.30. The summed E-state index contributed by atoms with van der Waals surface area (Å²) in [4.78, 5) is 13.4. The summed E-state index contributed by atoms with van der Waals surface area (Å²) in [7, 11) is 3.13. The van der Waals surface area contributed by atoms with E-state index >= 15 is 0 Å². The molecule has 0 bridgehead atoms. The van der Waals surface area contributed by atoms with E-state index in [1.165, 1.54) is 11.8 Å². The summed E-state index contributed by atoms with van der Waals surface area (Å²) in [5.41, 5.74) is 2.93. The highest BCUT2D eigenvalue weighted by Gasteiger charge is 2.36. The van der Waals surface area contributed by atoms with Crippen LogP contribution in [0.5, 0.6) is 11.5 Å². The highest BCUT2D eigenvalue weighted by Crippen LogP contribution is 2.43. The minimum atomic E-state index is -0.565. The fourth-order valence-electron chi connectivity index (χ4n) is 3.53. The number of dihydropyridines is 1. The zero-order valence-corrected chi connectivity index (χ0v) is 18.1. The second-order valence-corrected chi connectivity index (χ2v) is 7.37. The van der Waals surface area contributed by atoms with E-state index in [4.69, 9.17) is 9.47 Å². The van der Waals surface area contributed by atoms with Gasteiger partial charge in [-0.3, -0.25) is 4.79 Å². The number of benzene rings is 2. The number of ether oxygens (including phenoxy) is 2. The topological polar surface area (TPSA) is 83.4 Å². The minimum absolute atomic E-state index is 0.312. The first kappa shape index (κ1) is 21.3. The van der Waals surface area contributed by atoms with Crippen molar-refractivity contribution in [1.82, 2.24) is 5.32 Å². The average Bonchev–Trinajstić information content (AvgIpc) is 2.78. The number of nitrogens with one attached hydrogen (secondary N) is 2. The van der Waals surface area contributed by atoms with Crippen molar-refractivity contribution < 1.29 is 14.3 Å². The molecule has 0 aromatic heterocycles. The third-order valence-electron chi connectivity index (χ3n) is 4.90. The molecule has 154 valence electrons. The summed E-state index contributed by atoms with van der Waals surface area (Å²) >= 11 is 1.44. The second-order valence-electron chi connectivity index (χ2n) is 6.55. The Labute approximate surface area is 180 Å². The quantitative estimate of drug-likeness (QED) is 0.719. The number of hydrogen-bond donors (Lipinski definition) is 2. The fraction of sp³-hybridized carbons (Fsp3) is 0.217. The van der Waals surface area contributed by atoms with Gasteiger partial charge < -0.3 is 20.1 Å². The van der Waals surface area contributed by atoms with Crippen LogP contribution >= 0.6 is 11.8 Å². The lowest BCUT2D eigenvalue weighted by molar-refractivity contribution is -0.113. The van der Waals surface area contributed by atoms with Gasteiger partial charge in [0.2, 0.25) is 0 Å². The van der Waals surface area contributed by atoms with Crippen molar-refractivity contribution in [2.45, 2.75) is 12.8 Å². The molecule has 7 heteroatoms.